The number of benzene rings is 1. The van der Waals surface area contributed by atoms with Gasteiger partial charge in [-0.3, -0.25) is 4.79 Å². The van der Waals surface area contributed by atoms with Crippen LogP contribution in [0, 0.1) is 34.9 Å². The highest BCUT2D eigenvalue weighted by atomic mass is 19.1. The molecule has 1 aromatic rings. The first-order valence-electron chi connectivity index (χ1n) is 11.8. The molecule has 0 heterocycles. The molecule has 1 aromatic carbocycles. The molecular weight excluding hydrogens is 403 g/mol. The normalized spacial score (nSPS) is 35.8. The van der Waals surface area contributed by atoms with Gasteiger partial charge in [-0.2, -0.15) is 0 Å². The molecule has 0 aromatic heterocycles. The van der Waals surface area contributed by atoms with Crippen LogP contribution >= 0.6 is 0 Å². The Morgan fingerprint density at radius 3 is 2.78 bits per heavy atom. The lowest BCUT2D eigenvalue weighted by atomic mass is 9.51. The molecule has 1 N–H and O–H groups in total. The minimum atomic E-state index is -1.01. The number of carbonyl (C=O) groups excluding carboxylic acids is 1. The highest BCUT2D eigenvalue weighted by Crippen LogP contribution is 2.66. The van der Waals surface area contributed by atoms with Gasteiger partial charge in [-0.1, -0.05) is 24.5 Å². The van der Waals surface area contributed by atoms with Crippen molar-refractivity contribution in [3.63, 3.8) is 0 Å². The molecule has 4 heteroatoms. The number of carbonyl (C=O) groups is 1. The highest BCUT2D eigenvalue weighted by molar-refractivity contribution is 5.93. The van der Waals surface area contributed by atoms with E-state index in [1.807, 2.05) is 18.2 Å². The van der Waals surface area contributed by atoms with Crippen molar-refractivity contribution in [2.75, 3.05) is 7.11 Å². The number of allylic oxidation sites excluding steroid dienone is 4. The molecule has 5 rings (SSSR count). The van der Waals surface area contributed by atoms with Crippen LogP contribution in [0.5, 0.6) is 5.75 Å². The molecule has 5 atom stereocenters. The van der Waals surface area contributed by atoms with E-state index < -0.39 is 5.60 Å². The molecular formula is C28H31FO3. The molecule has 3 nitrogen and oxygen atoms in total. The molecule has 0 unspecified atom stereocenters. The maximum Gasteiger partial charge on any atom is 0.165 e. The van der Waals surface area contributed by atoms with Gasteiger partial charge in [-0.25, -0.2) is 4.39 Å². The Morgan fingerprint density at radius 1 is 1.22 bits per heavy atom. The molecule has 0 bridgehead atoms. The summed E-state index contributed by atoms with van der Waals surface area (Å²) in [7, 11) is 1.49. The minimum Gasteiger partial charge on any atom is -0.494 e. The van der Waals surface area contributed by atoms with Gasteiger partial charge in [0.1, 0.15) is 5.60 Å². The van der Waals surface area contributed by atoms with Crippen molar-refractivity contribution >= 4 is 5.78 Å². The Morgan fingerprint density at radius 2 is 2.03 bits per heavy atom. The van der Waals surface area contributed by atoms with Gasteiger partial charge >= 0.3 is 0 Å². The van der Waals surface area contributed by atoms with E-state index in [1.54, 1.807) is 6.92 Å². The molecule has 2 fully saturated rings. The summed E-state index contributed by atoms with van der Waals surface area (Å²) in [6.45, 7) is 4.00. The van der Waals surface area contributed by atoms with Gasteiger partial charge in [0.25, 0.3) is 0 Å². The summed E-state index contributed by atoms with van der Waals surface area (Å²) < 4.78 is 19.6. The zero-order chi connectivity index (χ0) is 22.7. The third-order valence-electron chi connectivity index (χ3n) is 8.80. The average molecular weight is 435 g/mol. The van der Waals surface area contributed by atoms with Crippen LogP contribution in [0.3, 0.4) is 0 Å². The van der Waals surface area contributed by atoms with E-state index in [9.17, 15) is 14.3 Å². The fourth-order valence-electron chi connectivity index (χ4n) is 7.27. The molecule has 0 saturated heterocycles. The monoisotopic (exact) mass is 434 g/mol. The summed E-state index contributed by atoms with van der Waals surface area (Å²) in [6.07, 6.45) is 7.51. The zero-order valence-electron chi connectivity index (χ0n) is 19.1. The summed E-state index contributed by atoms with van der Waals surface area (Å²) in [5.41, 5.74) is 3.61. The molecule has 4 aliphatic rings. The smallest absolute Gasteiger partial charge is 0.165 e. The van der Waals surface area contributed by atoms with Crippen LogP contribution < -0.4 is 4.74 Å². The van der Waals surface area contributed by atoms with Gasteiger partial charge in [0, 0.05) is 17.8 Å². The predicted molar refractivity (Wildman–Crippen MR) is 122 cm³/mol. The third kappa shape index (κ3) is 3.01. The number of methoxy groups -OCH3 is 1. The lowest BCUT2D eigenvalue weighted by Gasteiger charge is -2.53. The summed E-state index contributed by atoms with van der Waals surface area (Å²) in [6, 6.07) is 5.17. The van der Waals surface area contributed by atoms with Crippen molar-refractivity contribution in [3.8, 4) is 17.6 Å². The first-order valence-corrected chi connectivity index (χ1v) is 11.8. The fourth-order valence-corrected chi connectivity index (χ4v) is 7.27. The zero-order valence-corrected chi connectivity index (χ0v) is 19.1. The van der Waals surface area contributed by atoms with Gasteiger partial charge < -0.3 is 9.84 Å². The number of hydrogen-bond acceptors (Lipinski definition) is 3. The van der Waals surface area contributed by atoms with Crippen LogP contribution in [0.25, 0.3) is 0 Å². The van der Waals surface area contributed by atoms with E-state index in [0.717, 1.165) is 37.7 Å². The summed E-state index contributed by atoms with van der Waals surface area (Å²) >= 11 is 0. The number of fused-ring (bicyclic) bond motifs is 4. The minimum absolute atomic E-state index is 0.0472. The first kappa shape index (κ1) is 21.5. The molecule has 4 aliphatic carbocycles. The second-order valence-corrected chi connectivity index (χ2v) is 10.2. The van der Waals surface area contributed by atoms with Crippen LogP contribution in [0.15, 0.2) is 41.0 Å². The summed E-state index contributed by atoms with van der Waals surface area (Å²) in [5.74, 6) is 7.00. The maximum absolute atomic E-state index is 14.3. The van der Waals surface area contributed by atoms with Crippen LogP contribution in [0.1, 0.15) is 70.3 Å². The SMILES string of the molecule is CC#C[C@]1(O)CC[C@H]2[C@@H]3CCC4=CC(=O)CCC4=C3[C@@H](c3ccc(F)c(OC)c3)C[C@@]21C. The van der Waals surface area contributed by atoms with Gasteiger partial charge in [-0.05, 0) is 92.2 Å². The van der Waals surface area contributed by atoms with Gasteiger partial charge in [0.05, 0.1) is 7.11 Å². The second kappa shape index (κ2) is 7.59. The van der Waals surface area contributed by atoms with Crippen molar-refractivity contribution in [1.29, 1.82) is 0 Å². The lowest BCUT2D eigenvalue weighted by Crippen LogP contribution is -2.51. The van der Waals surface area contributed by atoms with E-state index >= 15 is 0 Å². The quantitative estimate of drug-likeness (QED) is 0.626. The maximum atomic E-state index is 14.3. The van der Waals surface area contributed by atoms with Crippen LogP contribution in [0.2, 0.25) is 0 Å². The molecule has 168 valence electrons. The van der Waals surface area contributed by atoms with Crippen LogP contribution in [-0.4, -0.2) is 23.6 Å². The first-order chi connectivity index (χ1) is 15.3. The van der Waals surface area contributed by atoms with Gasteiger partial charge in [-0.15, -0.1) is 5.92 Å². The molecule has 0 amide bonds. The third-order valence-corrected chi connectivity index (χ3v) is 8.80. The average Bonchev–Trinajstić information content (AvgIpc) is 3.03. The van der Waals surface area contributed by atoms with Crippen LogP contribution in [0.4, 0.5) is 4.39 Å². The Kier molecular flexibility index (Phi) is 5.09. The van der Waals surface area contributed by atoms with Crippen LogP contribution in [-0.2, 0) is 4.79 Å². The van der Waals surface area contributed by atoms with E-state index in [-0.39, 0.29) is 28.7 Å². The number of ether oxygens (including phenoxy) is 1. The van der Waals surface area contributed by atoms with Crippen molar-refractivity contribution in [3.05, 3.63) is 52.4 Å². The van der Waals surface area contributed by atoms with Crippen molar-refractivity contribution in [2.45, 2.75) is 70.3 Å². The largest absolute Gasteiger partial charge is 0.494 e. The Balaban J connectivity index is 1.71. The Bertz CT molecular complexity index is 1100. The number of ketones is 1. The van der Waals surface area contributed by atoms with Crippen molar-refractivity contribution in [1.82, 2.24) is 0 Å². The fraction of sp³-hybridized carbons (Fsp3) is 0.536. The topological polar surface area (TPSA) is 46.5 Å². The van der Waals surface area contributed by atoms with Crippen molar-refractivity contribution < 1.29 is 19.0 Å². The molecule has 0 radical (unpaired) electrons. The molecule has 0 aliphatic heterocycles. The van der Waals surface area contributed by atoms with Gasteiger partial charge in [0.2, 0.25) is 0 Å². The predicted octanol–water partition coefficient (Wildman–Crippen LogP) is 5.49. The number of rotatable bonds is 2. The Hall–Kier alpha value is -2.38. The lowest BCUT2D eigenvalue weighted by molar-refractivity contribution is -0.114. The highest BCUT2D eigenvalue weighted by Gasteiger charge is 2.62. The molecule has 32 heavy (non-hydrogen) atoms. The standard InChI is InChI=1S/C28H31FO3/c1-4-12-28(31)13-11-23-21-8-5-17-14-19(30)7-9-20(17)26(21)22(16-27(23,28)2)18-6-10-24(29)25(15-18)32-3/h6,10,14-15,21-23,31H,5,7-9,11,13,16H2,1-3H3/t21-,22+,23-,27-,28-/m0/s1. The van der Waals surface area contributed by atoms with E-state index in [2.05, 4.69) is 18.8 Å². The number of hydrogen-bond donors (Lipinski definition) is 1. The summed E-state index contributed by atoms with van der Waals surface area (Å²) in [4.78, 5) is 12.1. The summed E-state index contributed by atoms with van der Waals surface area (Å²) in [5, 5.41) is 11.7. The van der Waals surface area contributed by atoms with Crippen molar-refractivity contribution in [2.24, 2.45) is 17.3 Å². The molecule has 0 spiro atoms. The number of aliphatic hydroxyl groups is 1. The van der Waals surface area contributed by atoms with Gasteiger partial charge in [0.15, 0.2) is 17.3 Å². The molecule has 2 saturated carbocycles. The number of halogens is 1. The van der Waals surface area contributed by atoms with E-state index in [1.165, 1.54) is 29.9 Å². The second-order valence-electron chi connectivity index (χ2n) is 10.2. The van der Waals surface area contributed by atoms with E-state index in [0.29, 0.717) is 24.7 Å². The van der Waals surface area contributed by atoms with E-state index in [4.69, 9.17) is 4.74 Å². The Labute approximate surface area is 189 Å².